The second-order valence-corrected chi connectivity index (χ2v) is 5.64. The van der Waals surface area contributed by atoms with Crippen LogP contribution in [-0.4, -0.2) is 42.9 Å². The third-order valence-electron chi connectivity index (χ3n) is 2.64. The topological polar surface area (TPSA) is 76.7 Å². The molecule has 6 nitrogen and oxygen atoms in total. The van der Waals surface area contributed by atoms with Gasteiger partial charge in [-0.05, 0) is 40.5 Å². The van der Waals surface area contributed by atoms with Crippen LogP contribution in [0.25, 0.3) is 0 Å². The molecule has 0 bridgehead atoms. The van der Waals surface area contributed by atoms with Gasteiger partial charge in [0.25, 0.3) is 0 Å². The van der Waals surface area contributed by atoms with Crippen LogP contribution in [0.1, 0.15) is 40.5 Å². The van der Waals surface area contributed by atoms with Crippen molar-refractivity contribution >= 4 is 12.0 Å². The average molecular weight is 272 g/mol. The van der Waals surface area contributed by atoms with Gasteiger partial charge in [0.2, 0.25) is 5.91 Å². The molecule has 110 valence electrons. The number of carbonyl (C=O) groups is 2. The molecule has 6 heteroatoms. The third kappa shape index (κ3) is 5.92. The highest BCUT2D eigenvalue weighted by molar-refractivity contribution is 5.80. The van der Waals surface area contributed by atoms with E-state index in [-0.39, 0.29) is 11.9 Å². The highest BCUT2D eigenvalue weighted by atomic mass is 16.6. The van der Waals surface area contributed by atoms with Crippen molar-refractivity contribution in [2.45, 2.75) is 58.3 Å². The van der Waals surface area contributed by atoms with Crippen LogP contribution in [0, 0.1) is 0 Å². The molecule has 1 rings (SSSR count). The zero-order valence-electron chi connectivity index (χ0n) is 12.1. The van der Waals surface area contributed by atoms with Crippen LogP contribution >= 0.6 is 0 Å². The fourth-order valence-electron chi connectivity index (χ4n) is 1.83. The van der Waals surface area contributed by atoms with Crippen LogP contribution in [-0.2, 0) is 14.3 Å². The Hall–Kier alpha value is -1.30. The van der Waals surface area contributed by atoms with Crippen molar-refractivity contribution < 1.29 is 19.1 Å². The lowest BCUT2D eigenvalue weighted by Gasteiger charge is -2.29. The molecule has 0 saturated carbocycles. The lowest BCUT2D eigenvalue weighted by atomic mass is 10.0. The zero-order valence-corrected chi connectivity index (χ0v) is 12.1. The fraction of sp³-hybridized carbons (Fsp3) is 0.846. The molecule has 1 aliphatic rings. The van der Waals surface area contributed by atoms with Crippen molar-refractivity contribution in [2.75, 3.05) is 13.2 Å². The van der Waals surface area contributed by atoms with E-state index in [1.165, 1.54) is 0 Å². The lowest BCUT2D eigenvalue weighted by molar-refractivity contribution is -0.136. The van der Waals surface area contributed by atoms with Gasteiger partial charge in [0.15, 0.2) is 0 Å². The van der Waals surface area contributed by atoms with Gasteiger partial charge >= 0.3 is 6.09 Å². The minimum atomic E-state index is -0.511. The summed E-state index contributed by atoms with van der Waals surface area (Å²) < 4.78 is 10.6. The molecular weight excluding hydrogens is 248 g/mol. The van der Waals surface area contributed by atoms with E-state index in [1.54, 1.807) is 0 Å². The Balaban J connectivity index is 2.30. The first kappa shape index (κ1) is 15.8. The summed E-state index contributed by atoms with van der Waals surface area (Å²) in [6.07, 6.45) is 0.460. The van der Waals surface area contributed by atoms with Gasteiger partial charge in [-0.1, -0.05) is 0 Å². The highest BCUT2D eigenvalue weighted by Crippen LogP contribution is 2.15. The van der Waals surface area contributed by atoms with E-state index in [0.29, 0.717) is 26.0 Å². The van der Waals surface area contributed by atoms with E-state index in [1.807, 2.05) is 27.7 Å². The minimum absolute atomic E-state index is 0.0850. The number of alkyl carbamates (subject to hydrolysis) is 1. The number of nitrogens with one attached hydrogen (secondary N) is 2. The van der Waals surface area contributed by atoms with Crippen molar-refractivity contribution in [3.63, 3.8) is 0 Å². The number of hydrogen-bond donors (Lipinski definition) is 2. The van der Waals surface area contributed by atoms with Gasteiger partial charge in [-0.2, -0.15) is 0 Å². The first-order chi connectivity index (χ1) is 8.81. The van der Waals surface area contributed by atoms with E-state index in [0.717, 1.165) is 0 Å². The SMILES string of the molecule is CCNC(=O)[C@@H]1CCC(NC(=O)OC(C)(C)C)CO1. The molecule has 0 aromatic carbocycles. The van der Waals surface area contributed by atoms with Crippen LogP contribution in [0.2, 0.25) is 0 Å². The van der Waals surface area contributed by atoms with Crippen molar-refractivity contribution in [1.82, 2.24) is 10.6 Å². The first-order valence-corrected chi connectivity index (χ1v) is 6.70. The van der Waals surface area contributed by atoms with Crippen LogP contribution in [0.15, 0.2) is 0 Å². The molecule has 1 unspecified atom stereocenters. The molecule has 0 aromatic heterocycles. The molecule has 0 spiro atoms. The Morgan fingerprint density at radius 2 is 2.00 bits per heavy atom. The smallest absolute Gasteiger partial charge is 0.407 e. The summed E-state index contributed by atoms with van der Waals surface area (Å²) in [5.41, 5.74) is -0.511. The summed E-state index contributed by atoms with van der Waals surface area (Å²) in [5.74, 6) is -0.0850. The van der Waals surface area contributed by atoms with Crippen LogP contribution < -0.4 is 10.6 Å². The average Bonchev–Trinajstić information content (AvgIpc) is 2.27. The highest BCUT2D eigenvalue weighted by Gasteiger charge is 2.28. The maximum atomic E-state index is 11.6. The summed E-state index contributed by atoms with van der Waals surface area (Å²) in [4.78, 5) is 23.1. The molecule has 0 radical (unpaired) electrons. The molecule has 1 aliphatic heterocycles. The molecule has 0 aromatic rings. The Morgan fingerprint density at radius 1 is 1.32 bits per heavy atom. The molecule has 19 heavy (non-hydrogen) atoms. The lowest BCUT2D eigenvalue weighted by Crippen LogP contribution is -2.48. The van der Waals surface area contributed by atoms with Gasteiger partial charge in [0, 0.05) is 6.54 Å². The zero-order chi connectivity index (χ0) is 14.5. The molecule has 2 N–H and O–H groups in total. The number of ether oxygens (including phenoxy) is 2. The Morgan fingerprint density at radius 3 is 2.47 bits per heavy atom. The first-order valence-electron chi connectivity index (χ1n) is 6.70. The van der Waals surface area contributed by atoms with Crippen molar-refractivity contribution in [3.05, 3.63) is 0 Å². The number of carbonyl (C=O) groups excluding carboxylic acids is 2. The number of rotatable bonds is 3. The van der Waals surface area contributed by atoms with E-state index < -0.39 is 17.8 Å². The van der Waals surface area contributed by atoms with Gasteiger partial charge in [-0.3, -0.25) is 4.79 Å². The second kappa shape index (κ2) is 6.75. The standard InChI is InChI=1S/C13H24N2O4/c1-5-14-11(16)10-7-6-9(8-18-10)15-12(17)19-13(2,3)4/h9-10H,5-8H2,1-4H3,(H,14,16)(H,15,17)/t9?,10-/m0/s1. The molecular formula is C13H24N2O4. The fourth-order valence-corrected chi connectivity index (χ4v) is 1.83. The predicted molar refractivity (Wildman–Crippen MR) is 70.8 cm³/mol. The van der Waals surface area contributed by atoms with Crippen LogP contribution in [0.4, 0.5) is 4.79 Å². The van der Waals surface area contributed by atoms with Gasteiger partial charge in [-0.15, -0.1) is 0 Å². The van der Waals surface area contributed by atoms with Gasteiger partial charge < -0.3 is 20.1 Å². The van der Waals surface area contributed by atoms with E-state index >= 15 is 0 Å². The Kier molecular flexibility index (Phi) is 5.60. The Labute approximate surface area is 114 Å². The monoisotopic (exact) mass is 272 g/mol. The molecule has 1 saturated heterocycles. The third-order valence-corrected chi connectivity index (χ3v) is 2.64. The summed E-state index contributed by atoms with van der Waals surface area (Å²) in [5, 5.41) is 5.47. The Bertz CT molecular complexity index is 317. The summed E-state index contributed by atoms with van der Waals surface area (Å²) >= 11 is 0. The normalized spacial score (nSPS) is 23.6. The summed E-state index contributed by atoms with van der Waals surface area (Å²) in [6, 6.07) is -0.0967. The predicted octanol–water partition coefficient (Wildman–Crippen LogP) is 1.19. The van der Waals surface area contributed by atoms with Crippen molar-refractivity contribution in [2.24, 2.45) is 0 Å². The van der Waals surface area contributed by atoms with Gasteiger partial charge in [-0.25, -0.2) is 4.79 Å². The van der Waals surface area contributed by atoms with E-state index in [9.17, 15) is 9.59 Å². The summed E-state index contributed by atoms with van der Waals surface area (Å²) in [6.45, 7) is 8.24. The minimum Gasteiger partial charge on any atom is -0.444 e. The van der Waals surface area contributed by atoms with E-state index in [4.69, 9.17) is 9.47 Å². The van der Waals surface area contributed by atoms with Crippen LogP contribution in [0.3, 0.4) is 0 Å². The van der Waals surface area contributed by atoms with Crippen molar-refractivity contribution in [3.8, 4) is 0 Å². The number of hydrogen-bond acceptors (Lipinski definition) is 4. The molecule has 2 amide bonds. The second-order valence-electron chi connectivity index (χ2n) is 5.64. The summed E-state index contributed by atoms with van der Waals surface area (Å²) in [7, 11) is 0. The number of likely N-dealkylation sites (N-methyl/N-ethyl adjacent to an activating group) is 1. The maximum Gasteiger partial charge on any atom is 0.407 e. The largest absolute Gasteiger partial charge is 0.444 e. The maximum absolute atomic E-state index is 11.6. The van der Waals surface area contributed by atoms with Crippen molar-refractivity contribution in [1.29, 1.82) is 0 Å². The quantitative estimate of drug-likeness (QED) is 0.809. The van der Waals surface area contributed by atoms with Crippen LogP contribution in [0.5, 0.6) is 0 Å². The van der Waals surface area contributed by atoms with E-state index in [2.05, 4.69) is 10.6 Å². The molecule has 1 heterocycles. The number of amides is 2. The molecule has 1 fully saturated rings. The van der Waals surface area contributed by atoms with Gasteiger partial charge in [0.05, 0.1) is 12.6 Å². The molecule has 2 atom stereocenters. The molecule has 0 aliphatic carbocycles. The van der Waals surface area contributed by atoms with Gasteiger partial charge in [0.1, 0.15) is 11.7 Å².